The van der Waals surface area contributed by atoms with Crippen molar-refractivity contribution < 1.29 is 9.90 Å². The number of rotatable bonds is 3. The summed E-state index contributed by atoms with van der Waals surface area (Å²) in [5.74, 6) is -0.00986. The summed E-state index contributed by atoms with van der Waals surface area (Å²) in [5, 5.41) is 9.61. The van der Waals surface area contributed by atoms with E-state index in [-0.39, 0.29) is 6.42 Å². The first-order chi connectivity index (χ1) is 11.1. The van der Waals surface area contributed by atoms with Gasteiger partial charge in [-0.1, -0.05) is 54.0 Å². The number of hydrogen-bond acceptors (Lipinski definition) is 2. The highest BCUT2D eigenvalue weighted by atomic mass is 16.4. The van der Waals surface area contributed by atoms with Crippen molar-refractivity contribution in [2.45, 2.75) is 12.0 Å². The van der Waals surface area contributed by atoms with Crippen molar-refractivity contribution in [3.05, 3.63) is 72.1 Å². The van der Waals surface area contributed by atoms with Crippen LogP contribution in [0.5, 0.6) is 0 Å². The normalized spacial score (nSPS) is 18.4. The third-order valence-corrected chi connectivity index (χ3v) is 4.60. The highest BCUT2D eigenvalue weighted by Crippen LogP contribution is 2.48. The molecule has 23 heavy (non-hydrogen) atoms. The molecule has 0 bridgehead atoms. The second kappa shape index (κ2) is 4.85. The predicted molar refractivity (Wildman–Crippen MR) is 90.7 cm³/mol. The molecule has 1 aromatic heterocycles. The lowest BCUT2D eigenvalue weighted by Gasteiger charge is -2.32. The molecule has 0 saturated heterocycles. The van der Waals surface area contributed by atoms with Crippen molar-refractivity contribution in [2.75, 3.05) is 0 Å². The van der Waals surface area contributed by atoms with Crippen molar-refractivity contribution >= 4 is 19.3 Å². The van der Waals surface area contributed by atoms with Gasteiger partial charge in [-0.15, -0.1) is 0 Å². The van der Waals surface area contributed by atoms with Crippen molar-refractivity contribution in [2.24, 2.45) is 0 Å². The zero-order valence-corrected chi connectivity index (χ0v) is 12.7. The van der Waals surface area contributed by atoms with Gasteiger partial charge in [-0.25, -0.2) is 4.98 Å². The maximum Gasteiger partial charge on any atom is 0.306 e. The Hall–Kier alpha value is -2.82. The van der Waals surface area contributed by atoms with Gasteiger partial charge in [0.1, 0.15) is 19.2 Å². The molecular weight excluding hydrogens is 287 g/mol. The van der Waals surface area contributed by atoms with E-state index in [0.717, 1.165) is 28.0 Å². The van der Waals surface area contributed by atoms with Gasteiger partial charge >= 0.3 is 5.97 Å². The van der Waals surface area contributed by atoms with E-state index in [1.165, 1.54) is 0 Å². The second-order valence-corrected chi connectivity index (χ2v) is 5.96. The van der Waals surface area contributed by atoms with Gasteiger partial charge < -0.3 is 9.67 Å². The number of imidazole rings is 1. The van der Waals surface area contributed by atoms with Gasteiger partial charge in [-0.2, -0.15) is 0 Å². The topological polar surface area (TPSA) is 55.1 Å². The summed E-state index contributed by atoms with van der Waals surface area (Å²) in [7, 11) is 2.03. The van der Waals surface area contributed by atoms with Crippen LogP contribution in [0.25, 0.3) is 11.4 Å². The van der Waals surface area contributed by atoms with E-state index in [2.05, 4.69) is 4.98 Å². The maximum atomic E-state index is 11.7. The number of benzene rings is 2. The molecule has 3 aromatic rings. The predicted octanol–water partition coefficient (Wildman–Crippen LogP) is 1.39. The van der Waals surface area contributed by atoms with Crippen molar-refractivity contribution in [1.29, 1.82) is 0 Å². The molecule has 1 atom stereocenters. The fourth-order valence-corrected chi connectivity index (χ4v) is 3.60. The van der Waals surface area contributed by atoms with E-state index in [1.54, 1.807) is 6.20 Å². The Balaban J connectivity index is 2.07. The molecule has 1 unspecified atom stereocenters. The van der Waals surface area contributed by atoms with E-state index in [4.69, 9.17) is 0 Å². The van der Waals surface area contributed by atoms with E-state index in [1.807, 2.05) is 67.1 Å². The van der Waals surface area contributed by atoms with Gasteiger partial charge in [0.15, 0.2) is 0 Å². The second-order valence-electron chi connectivity index (χ2n) is 5.96. The summed E-state index contributed by atoms with van der Waals surface area (Å²) >= 11 is 0. The molecule has 0 amide bonds. The Labute approximate surface area is 134 Å². The third kappa shape index (κ3) is 1.86. The molecule has 0 saturated carbocycles. The number of aliphatic carboxylic acids is 1. The molecule has 0 fully saturated rings. The maximum absolute atomic E-state index is 11.7. The Morgan fingerprint density at radius 3 is 2.65 bits per heavy atom. The first-order valence-electron chi connectivity index (χ1n) is 7.55. The molecule has 1 aliphatic rings. The van der Waals surface area contributed by atoms with E-state index in [9.17, 15) is 9.90 Å². The highest BCUT2D eigenvalue weighted by molar-refractivity contribution is 6.32. The number of carbonyl (C=O) groups is 1. The summed E-state index contributed by atoms with van der Waals surface area (Å²) in [4.78, 5) is 16.2. The van der Waals surface area contributed by atoms with Crippen LogP contribution >= 0.6 is 0 Å². The van der Waals surface area contributed by atoms with E-state index >= 15 is 0 Å². The van der Waals surface area contributed by atoms with Crippen LogP contribution in [0.2, 0.25) is 0 Å². The number of fused-ring (bicyclic) bond motifs is 3. The summed E-state index contributed by atoms with van der Waals surface area (Å²) in [6.07, 6.45) is 3.59. The quantitative estimate of drug-likeness (QED) is 0.744. The smallest absolute Gasteiger partial charge is 0.306 e. The minimum atomic E-state index is -0.832. The zero-order valence-electron chi connectivity index (χ0n) is 12.7. The number of carboxylic acids is 1. The fourth-order valence-electron chi connectivity index (χ4n) is 3.60. The Kier molecular flexibility index (Phi) is 2.91. The summed E-state index contributed by atoms with van der Waals surface area (Å²) < 4.78 is 2.00. The zero-order chi connectivity index (χ0) is 16.0. The molecule has 1 aliphatic heterocycles. The largest absolute Gasteiger partial charge is 0.481 e. The molecule has 0 aliphatic carbocycles. The van der Waals surface area contributed by atoms with Crippen LogP contribution in [-0.2, 0) is 10.3 Å². The number of nitrogens with zero attached hydrogens (tertiary/aromatic N) is 2. The summed E-state index contributed by atoms with van der Waals surface area (Å²) in [6.45, 7) is 0. The van der Waals surface area contributed by atoms with Crippen LogP contribution in [0.15, 0.2) is 60.9 Å². The van der Waals surface area contributed by atoms with Crippen molar-refractivity contribution in [3.63, 3.8) is 0 Å². The van der Waals surface area contributed by atoms with Crippen LogP contribution in [0, 0.1) is 0 Å². The first kappa shape index (κ1) is 13.8. The van der Waals surface area contributed by atoms with Crippen LogP contribution < -0.4 is 5.46 Å². The van der Waals surface area contributed by atoms with Crippen LogP contribution in [0.4, 0.5) is 0 Å². The Bertz CT molecular complexity index is 901. The van der Waals surface area contributed by atoms with Gasteiger partial charge in [0.05, 0.1) is 6.42 Å². The average molecular weight is 302 g/mol. The van der Waals surface area contributed by atoms with Gasteiger partial charge in [0.2, 0.25) is 0 Å². The van der Waals surface area contributed by atoms with Crippen molar-refractivity contribution in [3.8, 4) is 11.4 Å². The van der Waals surface area contributed by atoms with Gasteiger partial charge in [-0.3, -0.25) is 4.79 Å². The molecule has 1 N–H and O–H groups in total. The van der Waals surface area contributed by atoms with E-state index < -0.39 is 11.5 Å². The standard InChI is InChI=1S/C18H15BN2O2/c19-13-7-5-12(6-8-13)18(11-16(22)23)15-4-2-1-3-14(15)17-20-9-10-21(17)18/h1-10H,11,19H2,(H,22,23). The molecule has 4 rings (SSSR count). The van der Waals surface area contributed by atoms with Crippen LogP contribution in [0.1, 0.15) is 17.5 Å². The number of carboxylic acid groups (broad SMARTS) is 1. The van der Waals surface area contributed by atoms with Gasteiger partial charge in [-0.05, 0) is 11.1 Å². The van der Waals surface area contributed by atoms with E-state index in [0.29, 0.717) is 0 Å². The molecule has 112 valence electrons. The molecule has 2 aromatic carbocycles. The van der Waals surface area contributed by atoms with Gasteiger partial charge in [0.25, 0.3) is 0 Å². The summed E-state index contributed by atoms with van der Waals surface area (Å²) in [6, 6.07) is 16.0. The summed E-state index contributed by atoms with van der Waals surface area (Å²) in [5.41, 5.74) is 3.36. The molecule has 5 heteroatoms. The van der Waals surface area contributed by atoms with Crippen molar-refractivity contribution in [1.82, 2.24) is 9.55 Å². The SMILES string of the molecule is Bc1ccc(C2(CC(=O)O)c3ccccc3-c3nccn32)cc1. The Morgan fingerprint density at radius 2 is 1.91 bits per heavy atom. The van der Waals surface area contributed by atoms with Crippen LogP contribution in [0.3, 0.4) is 0 Å². The molecule has 2 heterocycles. The highest BCUT2D eigenvalue weighted by Gasteiger charge is 2.46. The monoisotopic (exact) mass is 302 g/mol. The minimum absolute atomic E-state index is 0.0174. The molecular formula is C18H15BN2O2. The lowest BCUT2D eigenvalue weighted by molar-refractivity contribution is -0.138. The Morgan fingerprint density at radius 1 is 1.17 bits per heavy atom. The average Bonchev–Trinajstić information content (AvgIpc) is 3.11. The lowest BCUT2D eigenvalue weighted by Crippen LogP contribution is -2.35. The minimum Gasteiger partial charge on any atom is -0.481 e. The number of aromatic nitrogens is 2. The van der Waals surface area contributed by atoms with Gasteiger partial charge in [0, 0.05) is 18.0 Å². The molecule has 0 radical (unpaired) electrons. The van der Waals surface area contributed by atoms with Crippen LogP contribution in [-0.4, -0.2) is 28.5 Å². The molecule has 0 spiro atoms. The third-order valence-electron chi connectivity index (χ3n) is 4.60. The lowest BCUT2D eigenvalue weighted by atomic mass is 9.79. The fraction of sp³-hybridized carbons (Fsp3) is 0.111. The first-order valence-corrected chi connectivity index (χ1v) is 7.55. The molecule has 4 nitrogen and oxygen atoms in total. The number of hydrogen-bond donors (Lipinski definition) is 1.